The van der Waals surface area contributed by atoms with Gasteiger partial charge in [0.05, 0.1) is 11.4 Å². The molecule has 0 fully saturated rings. The summed E-state index contributed by atoms with van der Waals surface area (Å²) in [5.74, 6) is 0. The summed E-state index contributed by atoms with van der Waals surface area (Å²) >= 11 is 0. The maximum Gasteiger partial charge on any atom is 0.0650 e. The monoisotopic (exact) mass is 149 g/mol. The normalized spacial score (nSPS) is 22.1. The van der Waals surface area contributed by atoms with Crippen LogP contribution in [0.5, 0.6) is 0 Å². The summed E-state index contributed by atoms with van der Waals surface area (Å²) in [5, 5.41) is 3.22. The van der Waals surface area contributed by atoms with E-state index in [1.165, 1.54) is 0 Å². The lowest BCUT2D eigenvalue weighted by Crippen LogP contribution is -2.35. The first kappa shape index (κ1) is 6.61. The molecule has 0 saturated carbocycles. The molecule has 0 radical (unpaired) electrons. The predicted molar refractivity (Wildman–Crippen MR) is 44.4 cm³/mol. The number of anilines is 1. The van der Waals surface area contributed by atoms with Gasteiger partial charge in [0.2, 0.25) is 0 Å². The average molecular weight is 149 g/mol. The largest absolute Gasteiger partial charge is 0.382 e. The van der Waals surface area contributed by atoms with Crippen LogP contribution in [-0.2, 0) is 6.42 Å². The van der Waals surface area contributed by atoms with Crippen molar-refractivity contribution in [3.05, 3.63) is 24.0 Å². The van der Waals surface area contributed by atoms with Crippen LogP contribution in [-0.4, -0.2) is 17.6 Å². The van der Waals surface area contributed by atoms with Crippen molar-refractivity contribution in [2.75, 3.05) is 11.9 Å². The van der Waals surface area contributed by atoms with Crippen molar-refractivity contribution in [2.24, 2.45) is 5.73 Å². The minimum Gasteiger partial charge on any atom is -0.382 e. The number of nitrogens with two attached hydrogens (primary N) is 1. The smallest absolute Gasteiger partial charge is 0.0650 e. The third-order valence-electron chi connectivity index (χ3n) is 1.90. The van der Waals surface area contributed by atoms with E-state index in [-0.39, 0.29) is 6.04 Å². The zero-order valence-corrected chi connectivity index (χ0v) is 6.25. The highest BCUT2D eigenvalue weighted by Gasteiger charge is 2.14. The third kappa shape index (κ3) is 1.19. The van der Waals surface area contributed by atoms with Gasteiger partial charge in [-0.15, -0.1) is 0 Å². The molecule has 2 rings (SSSR count). The Morgan fingerprint density at radius 2 is 2.55 bits per heavy atom. The van der Waals surface area contributed by atoms with Gasteiger partial charge in [-0.3, -0.25) is 4.98 Å². The van der Waals surface area contributed by atoms with E-state index in [1.807, 2.05) is 12.1 Å². The number of pyridine rings is 1. The van der Waals surface area contributed by atoms with Crippen LogP contribution in [0, 0.1) is 0 Å². The SMILES string of the molecule is NC1CNc2cccnc2C1. The molecule has 0 aromatic carbocycles. The van der Waals surface area contributed by atoms with E-state index in [0.717, 1.165) is 24.3 Å². The van der Waals surface area contributed by atoms with Crippen molar-refractivity contribution in [3.8, 4) is 0 Å². The van der Waals surface area contributed by atoms with Gasteiger partial charge in [-0.2, -0.15) is 0 Å². The maximum atomic E-state index is 5.75. The van der Waals surface area contributed by atoms with E-state index in [1.54, 1.807) is 6.20 Å². The van der Waals surface area contributed by atoms with Gasteiger partial charge in [0.1, 0.15) is 0 Å². The minimum atomic E-state index is 0.220. The van der Waals surface area contributed by atoms with E-state index in [2.05, 4.69) is 10.3 Å². The molecule has 1 unspecified atom stereocenters. The molecule has 1 aromatic heterocycles. The number of hydrogen-bond donors (Lipinski definition) is 2. The lowest BCUT2D eigenvalue weighted by atomic mass is 10.1. The molecule has 1 aliphatic heterocycles. The van der Waals surface area contributed by atoms with Gasteiger partial charge >= 0.3 is 0 Å². The predicted octanol–water partition coefficient (Wildman–Crippen LogP) is 0.377. The van der Waals surface area contributed by atoms with Crippen LogP contribution in [0.3, 0.4) is 0 Å². The summed E-state index contributed by atoms with van der Waals surface area (Å²) in [4.78, 5) is 4.23. The second-order valence-electron chi connectivity index (χ2n) is 2.84. The molecule has 58 valence electrons. The van der Waals surface area contributed by atoms with Crippen molar-refractivity contribution in [1.82, 2.24) is 4.98 Å². The molecule has 1 aromatic rings. The summed E-state index contributed by atoms with van der Waals surface area (Å²) < 4.78 is 0. The first-order valence-electron chi connectivity index (χ1n) is 3.79. The lowest BCUT2D eigenvalue weighted by Gasteiger charge is -2.21. The van der Waals surface area contributed by atoms with E-state index in [9.17, 15) is 0 Å². The number of fused-ring (bicyclic) bond motifs is 1. The topological polar surface area (TPSA) is 50.9 Å². The fourth-order valence-corrected chi connectivity index (χ4v) is 1.32. The highest BCUT2D eigenvalue weighted by Crippen LogP contribution is 2.17. The molecular formula is C8H11N3. The summed E-state index contributed by atoms with van der Waals surface area (Å²) in [6.45, 7) is 0.860. The van der Waals surface area contributed by atoms with Crippen LogP contribution in [0.2, 0.25) is 0 Å². The molecule has 0 spiro atoms. The molecule has 0 aliphatic carbocycles. The van der Waals surface area contributed by atoms with Crippen LogP contribution < -0.4 is 11.1 Å². The van der Waals surface area contributed by atoms with Gasteiger partial charge in [-0.1, -0.05) is 0 Å². The number of aromatic nitrogens is 1. The molecule has 0 amide bonds. The van der Waals surface area contributed by atoms with Gasteiger partial charge in [-0.25, -0.2) is 0 Å². The van der Waals surface area contributed by atoms with E-state index in [4.69, 9.17) is 5.73 Å². The lowest BCUT2D eigenvalue weighted by molar-refractivity contribution is 0.665. The zero-order chi connectivity index (χ0) is 7.68. The van der Waals surface area contributed by atoms with Crippen molar-refractivity contribution in [2.45, 2.75) is 12.5 Å². The number of nitrogens with zero attached hydrogens (tertiary/aromatic N) is 1. The van der Waals surface area contributed by atoms with Crippen LogP contribution in [0.25, 0.3) is 0 Å². The van der Waals surface area contributed by atoms with Crippen molar-refractivity contribution < 1.29 is 0 Å². The molecule has 0 bridgehead atoms. The third-order valence-corrected chi connectivity index (χ3v) is 1.90. The van der Waals surface area contributed by atoms with Gasteiger partial charge in [0, 0.05) is 25.2 Å². The molecule has 3 N–H and O–H groups in total. The quantitative estimate of drug-likeness (QED) is 0.560. The van der Waals surface area contributed by atoms with Crippen molar-refractivity contribution in [3.63, 3.8) is 0 Å². The van der Waals surface area contributed by atoms with Gasteiger partial charge in [-0.05, 0) is 12.1 Å². The summed E-state index contributed by atoms with van der Waals surface area (Å²) in [6.07, 6.45) is 2.70. The molecule has 1 atom stereocenters. The summed E-state index contributed by atoms with van der Waals surface area (Å²) in [5.41, 5.74) is 7.97. The Labute approximate surface area is 65.6 Å². The molecular weight excluding hydrogens is 138 g/mol. The molecule has 0 saturated heterocycles. The van der Waals surface area contributed by atoms with Crippen LogP contribution in [0.1, 0.15) is 5.69 Å². The Morgan fingerprint density at radius 1 is 1.64 bits per heavy atom. The first-order chi connectivity index (χ1) is 5.36. The Morgan fingerprint density at radius 3 is 3.45 bits per heavy atom. The average Bonchev–Trinajstić information content (AvgIpc) is 2.04. The van der Waals surface area contributed by atoms with Crippen molar-refractivity contribution in [1.29, 1.82) is 0 Å². The van der Waals surface area contributed by atoms with Crippen LogP contribution in [0.15, 0.2) is 18.3 Å². The Balaban J connectivity index is 2.34. The molecule has 11 heavy (non-hydrogen) atoms. The number of rotatable bonds is 0. The van der Waals surface area contributed by atoms with Crippen molar-refractivity contribution >= 4 is 5.69 Å². The standard InChI is InChI=1S/C8H11N3/c9-6-4-8-7(11-5-6)2-1-3-10-8/h1-3,6,11H,4-5,9H2. The van der Waals surface area contributed by atoms with Crippen LogP contribution >= 0.6 is 0 Å². The molecule has 2 heterocycles. The Hall–Kier alpha value is -1.09. The van der Waals surface area contributed by atoms with E-state index in [0.29, 0.717) is 0 Å². The molecule has 3 heteroatoms. The van der Waals surface area contributed by atoms with Gasteiger partial charge in [0.15, 0.2) is 0 Å². The number of hydrogen-bond acceptors (Lipinski definition) is 3. The van der Waals surface area contributed by atoms with Gasteiger partial charge in [0.25, 0.3) is 0 Å². The highest BCUT2D eigenvalue weighted by atomic mass is 15.0. The van der Waals surface area contributed by atoms with E-state index >= 15 is 0 Å². The second-order valence-corrected chi connectivity index (χ2v) is 2.84. The second kappa shape index (κ2) is 2.51. The zero-order valence-electron chi connectivity index (χ0n) is 6.25. The number of nitrogens with one attached hydrogen (secondary N) is 1. The summed E-state index contributed by atoms with van der Waals surface area (Å²) in [6, 6.07) is 4.19. The highest BCUT2D eigenvalue weighted by molar-refractivity contribution is 5.49. The summed E-state index contributed by atoms with van der Waals surface area (Å²) in [7, 11) is 0. The van der Waals surface area contributed by atoms with Crippen LogP contribution in [0.4, 0.5) is 5.69 Å². The first-order valence-corrected chi connectivity index (χ1v) is 3.79. The fraction of sp³-hybridized carbons (Fsp3) is 0.375. The van der Waals surface area contributed by atoms with E-state index < -0.39 is 0 Å². The maximum absolute atomic E-state index is 5.75. The fourth-order valence-electron chi connectivity index (χ4n) is 1.32. The molecule has 1 aliphatic rings. The minimum absolute atomic E-state index is 0.220. The Kier molecular flexibility index (Phi) is 1.51. The molecule has 3 nitrogen and oxygen atoms in total. The van der Waals surface area contributed by atoms with Gasteiger partial charge < -0.3 is 11.1 Å². The Bertz CT molecular complexity index is 259.